The summed E-state index contributed by atoms with van der Waals surface area (Å²) in [7, 11) is 0. The number of hydrogen-bond acceptors (Lipinski definition) is 4. The van der Waals surface area contributed by atoms with E-state index >= 15 is 0 Å². The van der Waals surface area contributed by atoms with Crippen LogP contribution in [0, 0.1) is 12.3 Å². The normalized spacial score (nSPS) is 10.2. The van der Waals surface area contributed by atoms with Gasteiger partial charge in [-0.25, -0.2) is 4.98 Å². The van der Waals surface area contributed by atoms with Crippen LogP contribution in [0.25, 0.3) is 0 Å². The zero-order valence-corrected chi connectivity index (χ0v) is 16.5. The van der Waals surface area contributed by atoms with E-state index in [-0.39, 0.29) is 11.8 Å². The molecule has 0 fully saturated rings. The van der Waals surface area contributed by atoms with E-state index < -0.39 is 0 Å². The first-order valence-electron chi connectivity index (χ1n) is 8.75. The minimum Gasteiger partial charge on any atom is -0.350 e. The van der Waals surface area contributed by atoms with Crippen LogP contribution >= 0.6 is 22.9 Å². The second kappa shape index (κ2) is 11.4. The second-order valence-corrected chi connectivity index (χ2v) is 7.33. The van der Waals surface area contributed by atoms with Crippen LogP contribution in [0.5, 0.6) is 0 Å². The first-order valence-corrected chi connectivity index (χ1v) is 10.0. The van der Waals surface area contributed by atoms with Crippen molar-refractivity contribution in [2.45, 2.75) is 38.6 Å². The van der Waals surface area contributed by atoms with Crippen molar-refractivity contribution in [3.05, 3.63) is 50.9 Å². The van der Waals surface area contributed by atoms with E-state index in [0.717, 1.165) is 18.4 Å². The molecule has 2 N–H and O–H groups in total. The summed E-state index contributed by atoms with van der Waals surface area (Å²) in [5.41, 5.74) is 1.43. The zero-order valence-electron chi connectivity index (χ0n) is 15.0. The van der Waals surface area contributed by atoms with E-state index in [1.54, 1.807) is 5.38 Å². The highest BCUT2D eigenvalue weighted by molar-refractivity contribution is 7.09. The van der Waals surface area contributed by atoms with Gasteiger partial charge in [-0.1, -0.05) is 23.7 Å². The van der Waals surface area contributed by atoms with Crippen LogP contribution < -0.4 is 10.6 Å². The highest BCUT2D eigenvalue weighted by atomic mass is 35.5. The molecule has 1 aromatic carbocycles. The molecule has 0 unspecified atom stereocenters. The van der Waals surface area contributed by atoms with Gasteiger partial charge in [0.15, 0.2) is 0 Å². The van der Waals surface area contributed by atoms with Crippen LogP contribution in [0.15, 0.2) is 29.6 Å². The second-order valence-electron chi connectivity index (χ2n) is 5.95. The molecule has 0 aliphatic carbocycles. The van der Waals surface area contributed by atoms with Crippen molar-refractivity contribution in [1.29, 1.82) is 0 Å². The van der Waals surface area contributed by atoms with Gasteiger partial charge in [0.2, 0.25) is 5.91 Å². The Morgan fingerprint density at radius 2 is 2.11 bits per heavy atom. The average Bonchev–Trinajstić information content (AvgIpc) is 3.13. The fraction of sp³-hybridized carbons (Fsp3) is 0.350. The number of halogens is 1. The molecule has 27 heavy (non-hydrogen) atoms. The van der Waals surface area contributed by atoms with Crippen LogP contribution in [0.2, 0.25) is 5.02 Å². The van der Waals surface area contributed by atoms with Crippen LogP contribution in [0.3, 0.4) is 0 Å². The van der Waals surface area contributed by atoms with Crippen molar-refractivity contribution >= 4 is 34.8 Å². The lowest BCUT2D eigenvalue weighted by Gasteiger charge is -2.04. The highest BCUT2D eigenvalue weighted by Gasteiger charge is 2.11. The Balaban J connectivity index is 1.70. The summed E-state index contributed by atoms with van der Waals surface area (Å²) < 4.78 is 0. The number of nitrogens with zero attached hydrogens (tertiary/aromatic N) is 1. The number of amides is 2. The zero-order chi connectivity index (χ0) is 19.5. The highest BCUT2D eigenvalue weighted by Crippen LogP contribution is 2.12. The minimum atomic E-state index is -0.222. The van der Waals surface area contributed by atoms with Crippen LogP contribution in [-0.4, -0.2) is 23.3 Å². The Morgan fingerprint density at radius 1 is 1.26 bits per heavy atom. The largest absolute Gasteiger partial charge is 0.350 e. The summed E-state index contributed by atoms with van der Waals surface area (Å²) >= 11 is 7.30. The first kappa shape index (κ1) is 20.9. The number of carbonyl (C=O) groups excluding carboxylic acids is 2. The van der Waals surface area contributed by atoms with Gasteiger partial charge in [-0.2, -0.15) is 0 Å². The van der Waals surface area contributed by atoms with Gasteiger partial charge in [-0.3, -0.25) is 9.59 Å². The van der Waals surface area contributed by atoms with E-state index in [1.165, 1.54) is 11.3 Å². The van der Waals surface area contributed by atoms with Crippen LogP contribution in [0.4, 0.5) is 0 Å². The molecule has 0 saturated carbocycles. The molecule has 1 aromatic heterocycles. The topological polar surface area (TPSA) is 71.1 Å². The molecule has 0 aliphatic heterocycles. The smallest absolute Gasteiger partial charge is 0.270 e. The Kier molecular flexibility index (Phi) is 8.82. The maximum absolute atomic E-state index is 12.2. The van der Waals surface area contributed by atoms with E-state index in [0.29, 0.717) is 48.1 Å². The SMILES string of the molecule is C#CCCCCC(=O)NCc1nc(C(=O)NCCc2cccc(Cl)c2)cs1. The summed E-state index contributed by atoms with van der Waals surface area (Å²) in [6.07, 6.45) is 8.63. The van der Waals surface area contributed by atoms with Crippen molar-refractivity contribution < 1.29 is 9.59 Å². The predicted molar refractivity (Wildman–Crippen MR) is 109 cm³/mol. The molecule has 2 rings (SSSR count). The molecule has 7 heteroatoms. The standard InChI is InChI=1S/C20H22ClN3O2S/c1-2-3-4-5-9-18(25)23-13-19-24-17(14-27-19)20(26)22-11-10-15-7-6-8-16(21)12-15/h1,6-8,12,14H,3-5,9-11,13H2,(H,22,26)(H,23,25). The molecule has 142 valence electrons. The lowest BCUT2D eigenvalue weighted by Crippen LogP contribution is -2.26. The van der Waals surface area contributed by atoms with Crippen molar-refractivity contribution in [3.8, 4) is 12.3 Å². The van der Waals surface area contributed by atoms with Gasteiger partial charge in [-0.05, 0) is 37.0 Å². The Morgan fingerprint density at radius 3 is 2.89 bits per heavy atom. The van der Waals surface area contributed by atoms with Gasteiger partial charge >= 0.3 is 0 Å². The monoisotopic (exact) mass is 403 g/mol. The van der Waals surface area contributed by atoms with Gasteiger partial charge in [-0.15, -0.1) is 23.7 Å². The number of carbonyl (C=O) groups is 2. The molecule has 5 nitrogen and oxygen atoms in total. The van der Waals surface area contributed by atoms with E-state index in [4.69, 9.17) is 18.0 Å². The third kappa shape index (κ3) is 7.81. The van der Waals surface area contributed by atoms with E-state index in [9.17, 15) is 9.59 Å². The third-order valence-electron chi connectivity index (χ3n) is 3.78. The molecule has 0 spiro atoms. The Bertz CT molecular complexity index is 814. The number of terminal acetylenes is 1. The molecule has 0 radical (unpaired) electrons. The number of benzene rings is 1. The minimum absolute atomic E-state index is 0.0326. The van der Waals surface area contributed by atoms with Crippen molar-refractivity contribution in [1.82, 2.24) is 15.6 Å². The molecule has 0 saturated heterocycles. The van der Waals surface area contributed by atoms with Gasteiger partial charge in [0.1, 0.15) is 10.7 Å². The third-order valence-corrected chi connectivity index (χ3v) is 4.87. The summed E-state index contributed by atoms with van der Waals surface area (Å²) in [5, 5.41) is 8.73. The molecule has 0 bridgehead atoms. The predicted octanol–water partition coefficient (Wildman–Crippen LogP) is 3.58. The van der Waals surface area contributed by atoms with Crippen molar-refractivity contribution in [2.24, 2.45) is 0 Å². The number of aromatic nitrogens is 1. The fourth-order valence-electron chi connectivity index (χ4n) is 2.37. The van der Waals surface area contributed by atoms with Gasteiger partial charge in [0.25, 0.3) is 5.91 Å². The lowest BCUT2D eigenvalue weighted by atomic mass is 10.1. The van der Waals surface area contributed by atoms with Crippen molar-refractivity contribution in [2.75, 3.05) is 6.54 Å². The van der Waals surface area contributed by atoms with Crippen LogP contribution in [-0.2, 0) is 17.8 Å². The van der Waals surface area contributed by atoms with Gasteiger partial charge < -0.3 is 10.6 Å². The lowest BCUT2D eigenvalue weighted by molar-refractivity contribution is -0.121. The molecule has 2 aromatic rings. The number of hydrogen-bond donors (Lipinski definition) is 2. The molecule has 0 aliphatic rings. The maximum Gasteiger partial charge on any atom is 0.270 e. The molecule has 0 atom stereocenters. The van der Waals surface area contributed by atoms with Crippen molar-refractivity contribution in [3.63, 3.8) is 0 Å². The maximum atomic E-state index is 12.2. The summed E-state index contributed by atoms with van der Waals surface area (Å²) in [6, 6.07) is 7.55. The number of nitrogens with one attached hydrogen (secondary N) is 2. The van der Waals surface area contributed by atoms with E-state index in [1.807, 2.05) is 24.3 Å². The van der Waals surface area contributed by atoms with Crippen LogP contribution in [0.1, 0.15) is 46.7 Å². The van der Waals surface area contributed by atoms with E-state index in [2.05, 4.69) is 21.5 Å². The number of thiazole rings is 1. The van der Waals surface area contributed by atoms with Gasteiger partial charge in [0, 0.05) is 29.8 Å². The molecular weight excluding hydrogens is 382 g/mol. The molecule has 2 amide bonds. The first-order chi connectivity index (χ1) is 13.1. The average molecular weight is 404 g/mol. The Labute approximate surface area is 168 Å². The number of unbranched alkanes of at least 4 members (excludes halogenated alkanes) is 2. The summed E-state index contributed by atoms with van der Waals surface area (Å²) in [5.74, 6) is 2.30. The molecule has 1 heterocycles. The molecular formula is C20H22ClN3O2S. The quantitative estimate of drug-likeness (QED) is 0.470. The number of rotatable bonds is 10. The summed E-state index contributed by atoms with van der Waals surface area (Å²) in [6.45, 7) is 0.828. The van der Waals surface area contributed by atoms with Gasteiger partial charge in [0.05, 0.1) is 6.54 Å². The fourth-order valence-corrected chi connectivity index (χ4v) is 3.30. The Hall–Kier alpha value is -2.36. The summed E-state index contributed by atoms with van der Waals surface area (Å²) in [4.78, 5) is 28.2.